The van der Waals surface area contributed by atoms with Gasteiger partial charge in [-0.3, -0.25) is 0 Å². The van der Waals surface area contributed by atoms with Gasteiger partial charge in [0.05, 0.1) is 39.6 Å². The molecule has 0 aliphatic carbocycles. The minimum Gasteiger partial charge on any atom is -0.494 e. The van der Waals surface area contributed by atoms with Crippen molar-refractivity contribution in [2.75, 3.05) is 39.6 Å². The SMILES string of the molecule is CCCOc1ccc(OCCC)c(P(c2cc(OCCC)ccc2OCCC)c2cc(OCCC)ccc2OCCC)c1. The van der Waals surface area contributed by atoms with Crippen LogP contribution in [0, 0.1) is 0 Å². The van der Waals surface area contributed by atoms with E-state index in [0.717, 1.165) is 88.9 Å². The lowest BCUT2D eigenvalue weighted by molar-refractivity contribution is 0.309. The Morgan fingerprint density at radius 2 is 0.628 bits per heavy atom. The average Bonchev–Trinajstić information content (AvgIpc) is 3.04. The van der Waals surface area contributed by atoms with Gasteiger partial charge in [0.2, 0.25) is 0 Å². The lowest BCUT2D eigenvalue weighted by atomic mass is 10.3. The van der Waals surface area contributed by atoms with Crippen LogP contribution in [-0.2, 0) is 0 Å². The summed E-state index contributed by atoms with van der Waals surface area (Å²) >= 11 is 0. The van der Waals surface area contributed by atoms with Crippen LogP contribution < -0.4 is 44.3 Å². The molecule has 0 aliphatic rings. The summed E-state index contributed by atoms with van der Waals surface area (Å²) in [4.78, 5) is 0. The Morgan fingerprint density at radius 1 is 0.372 bits per heavy atom. The second-order valence-corrected chi connectivity index (χ2v) is 12.4. The molecule has 0 heterocycles. The van der Waals surface area contributed by atoms with Crippen LogP contribution in [0.15, 0.2) is 54.6 Å². The third kappa shape index (κ3) is 10.2. The van der Waals surface area contributed by atoms with Crippen LogP contribution in [-0.4, -0.2) is 39.6 Å². The third-order valence-electron chi connectivity index (χ3n) is 6.32. The molecule has 0 saturated heterocycles. The summed E-state index contributed by atoms with van der Waals surface area (Å²) in [5, 5.41) is 3.13. The van der Waals surface area contributed by atoms with E-state index in [-0.39, 0.29) is 0 Å². The first kappa shape index (κ1) is 34.4. The summed E-state index contributed by atoms with van der Waals surface area (Å²) in [6.07, 6.45) is 5.49. The Morgan fingerprint density at radius 3 is 0.884 bits per heavy atom. The highest BCUT2D eigenvalue weighted by atomic mass is 31.1. The molecule has 0 N–H and O–H groups in total. The largest absolute Gasteiger partial charge is 0.494 e. The maximum atomic E-state index is 6.42. The van der Waals surface area contributed by atoms with E-state index >= 15 is 0 Å². The fourth-order valence-electron chi connectivity index (χ4n) is 4.34. The van der Waals surface area contributed by atoms with E-state index < -0.39 is 7.92 Å². The summed E-state index contributed by atoms with van der Waals surface area (Å²) < 4.78 is 37.7. The molecule has 0 bridgehead atoms. The fraction of sp³-hybridized carbons (Fsp3) is 0.500. The predicted octanol–water partition coefficient (Wildman–Crippen LogP) is 8.18. The third-order valence-corrected chi connectivity index (χ3v) is 8.81. The van der Waals surface area contributed by atoms with Crippen molar-refractivity contribution in [2.45, 2.75) is 80.1 Å². The highest BCUT2D eigenvalue weighted by Crippen LogP contribution is 2.45. The van der Waals surface area contributed by atoms with Crippen LogP contribution in [0.2, 0.25) is 0 Å². The van der Waals surface area contributed by atoms with E-state index in [0.29, 0.717) is 39.6 Å². The summed E-state index contributed by atoms with van der Waals surface area (Å²) in [7, 11) is -1.27. The van der Waals surface area contributed by atoms with Crippen LogP contribution in [0.4, 0.5) is 0 Å². The molecule has 0 spiro atoms. The van der Waals surface area contributed by atoms with Crippen molar-refractivity contribution in [1.82, 2.24) is 0 Å². The van der Waals surface area contributed by atoms with Crippen molar-refractivity contribution in [3.8, 4) is 34.5 Å². The minimum atomic E-state index is -1.27. The Bertz CT molecular complexity index is 1080. The van der Waals surface area contributed by atoms with Crippen molar-refractivity contribution >= 4 is 23.8 Å². The van der Waals surface area contributed by atoms with Gasteiger partial charge in [0.1, 0.15) is 34.5 Å². The second kappa shape index (κ2) is 19.2. The molecule has 0 radical (unpaired) electrons. The number of hydrogen-bond acceptors (Lipinski definition) is 6. The van der Waals surface area contributed by atoms with Crippen molar-refractivity contribution < 1.29 is 28.4 Å². The summed E-state index contributed by atoms with van der Waals surface area (Å²) in [5.41, 5.74) is 0. The number of hydrogen-bond donors (Lipinski definition) is 0. The first-order valence-electron chi connectivity index (χ1n) is 16.1. The number of ether oxygens (including phenoxy) is 6. The van der Waals surface area contributed by atoms with Gasteiger partial charge in [0.25, 0.3) is 0 Å². The number of rotatable bonds is 21. The standard InChI is InChI=1S/C36H51O6P/c1-7-19-37-28-13-16-31(40-22-10-4)34(25-28)43(35-26-29(38-20-8-2)14-17-32(35)41-23-11-5)36-27-30(39-21-9-3)15-18-33(36)42-24-12-6/h13-18,25-27H,7-12,19-24H2,1-6H3. The smallest absolute Gasteiger partial charge is 0.127 e. The van der Waals surface area contributed by atoms with E-state index in [1.165, 1.54) is 0 Å². The normalized spacial score (nSPS) is 11.0. The van der Waals surface area contributed by atoms with Crippen LogP contribution in [0.1, 0.15) is 80.1 Å². The van der Waals surface area contributed by atoms with Gasteiger partial charge < -0.3 is 28.4 Å². The van der Waals surface area contributed by atoms with E-state index in [4.69, 9.17) is 28.4 Å². The quantitative estimate of drug-likeness (QED) is 0.113. The molecule has 0 aromatic heterocycles. The van der Waals surface area contributed by atoms with Gasteiger partial charge in [-0.15, -0.1) is 0 Å². The first-order chi connectivity index (χ1) is 21.1. The van der Waals surface area contributed by atoms with Crippen molar-refractivity contribution in [3.63, 3.8) is 0 Å². The molecule has 3 aromatic carbocycles. The van der Waals surface area contributed by atoms with Crippen molar-refractivity contribution in [3.05, 3.63) is 54.6 Å². The summed E-state index contributed by atoms with van der Waals surface area (Å²) in [6.45, 7) is 16.5. The van der Waals surface area contributed by atoms with Crippen LogP contribution in [0.3, 0.4) is 0 Å². The van der Waals surface area contributed by atoms with E-state index in [1.54, 1.807) is 0 Å². The molecule has 0 unspecified atom stereocenters. The Labute approximate surface area is 260 Å². The molecule has 43 heavy (non-hydrogen) atoms. The van der Waals surface area contributed by atoms with Crippen molar-refractivity contribution in [1.29, 1.82) is 0 Å². The van der Waals surface area contributed by atoms with Crippen LogP contribution in [0.25, 0.3) is 0 Å². The molecule has 0 amide bonds. The van der Waals surface area contributed by atoms with Gasteiger partial charge in [0, 0.05) is 15.9 Å². The second-order valence-electron chi connectivity index (χ2n) is 10.3. The van der Waals surface area contributed by atoms with Gasteiger partial charge >= 0.3 is 0 Å². The van der Waals surface area contributed by atoms with Gasteiger partial charge in [-0.1, -0.05) is 41.5 Å². The monoisotopic (exact) mass is 610 g/mol. The van der Waals surface area contributed by atoms with Gasteiger partial charge in [0.15, 0.2) is 0 Å². The molecule has 6 nitrogen and oxygen atoms in total. The molecular weight excluding hydrogens is 559 g/mol. The zero-order valence-corrected chi connectivity index (χ0v) is 28.0. The molecule has 0 saturated carbocycles. The maximum Gasteiger partial charge on any atom is 0.127 e. The highest BCUT2D eigenvalue weighted by Gasteiger charge is 2.29. The molecular formula is C36H51O6P. The zero-order chi connectivity index (χ0) is 30.9. The van der Waals surface area contributed by atoms with E-state index in [9.17, 15) is 0 Å². The molecule has 3 aromatic rings. The molecule has 0 atom stereocenters. The Kier molecular flexibility index (Phi) is 15.4. The Hall–Kier alpha value is -3.11. The minimum absolute atomic E-state index is 0.614. The molecule has 7 heteroatoms. The molecule has 236 valence electrons. The summed E-state index contributed by atoms with van der Waals surface area (Å²) in [5.74, 6) is 4.95. The first-order valence-corrected chi connectivity index (χ1v) is 17.4. The predicted molar refractivity (Wildman–Crippen MR) is 180 cm³/mol. The topological polar surface area (TPSA) is 55.4 Å². The number of benzene rings is 3. The lowest BCUT2D eigenvalue weighted by Crippen LogP contribution is -2.26. The van der Waals surface area contributed by atoms with Gasteiger partial charge in [-0.25, -0.2) is 0 Å². The average molecular weight is 611 g/mol. The zero-order valence-electron chi connectivity index (χ0n) is 27.1. The molecule has 0 fully saturated rings. The van der Waals surface area contributed by atoms with Crippen molar-refractivity contribution in [2.24, 2.45) is 0 Å². The molecule has 3 rings (SSSR count). The van der Waals surface area contributed by atoms with Gasteiger partial charge in [-0.05, 0) is 101 Å². The van der Waals surface area contributed by atoms with Crippen LogP contribution >= 0.6 is 7.92 Å². The fourth-order valence-corrected chi connectivity index (χ4v) is 6.96. The Balaban J connectivity index is 2.37. The van der Waals surface area contributed by atoms with E-state index in [1.807, 2.05) is 36.4 Å². The molecule has 0 aliphatic heterocycles. The lowest BCUT2D eigenvalue weighted by Gasteiger charge is -2.27. The highest BCUT2D eigenvalue weighted by molar-refractivity contribution is 7.80. The summed E-state index contributed by atoms with van der Waals surface area (Å²) in [6, 6.07) is 18.5. The van der Waals surface area contributed by atoms with Crippen LogP contribution in [0.5, 0.6) is 34.5 Å². The maximum absolute atomic E-state index is 6.42. The van der Waals surface area contributed by atoms with E-state index in [2.05, 4.69) is 59.7 Å². The van der Waals surface area contributed by atoms with Gasteiger partial charge in [-0.2, -0.15) is 0 Å².